The largest absolute Gasteiger partial charge is 0.424 e. The molecule has 25 heavy (non-hydrogen) atoms. The highest BCUT2D eigenvalue weighted by Gasteiger charge is 2.25. The van der Waals surface area contributed by atoms with Crippen molar-refractivity contribution in [1.29, 1.82) is 5.26 Å². The molecule has 0 saturated heterocycles. The fourth-order valence-electron chi connectivity index (χ4n) is 3.18. The molecule has 2 aromatic heterocycles. The molecule has 0 bridgehead atoms. The van der Waals surface area contributed by atoms with Gasteiger partial charge in [0.15, 0.2) is 0 Å². The maximum Gasteiger partial charge on any atom is 0.321 e. The second kappa shape index (κ2) is 7.35. The van der Waals surface area contributed by atoms with Crippen LogP contribution in [-0.2, 0) is 0 Å². The van der Waals surface area contributed by atoms with Gasteiger partial charge in [-0.2, -0.15) is 5.26 Å². The third-order valence-corrected chi connectivity index (χ3v) is 4.52. The molecule has 0 spiro atoms. The molecule has 4 rings (SSSR count). The maximum atomic E-state index is 9.49. The lowest BCUT2D eigenvalue weighted by molar-refractivity contribution is 0.317. The van der Waals surface area contributed by atoms with Gasteiger partial charge in [-0.05, 0) is 44.4 Å². The molecule has 0 aliphatic heterocycles. The third-order valence-electron chi connectivity index (χ3n) is 4.52. The summed E-state index contributed by atoms with van der Waals surface area (Å²) in [5, 5.41) is 10.5. The van der Waals surface area contributed by atoms with Gasteiger partial charge in [-0.3, -0.25) is 0 Å². The zero-order valence-electron chi connectivity index (χ0n) is 14.9. The maximum absolute atomic E-state index is 9.49. The summed E-state index contributed by atoms with van der Waals surface area (Å²) in [6.07, 6.45) is 6.89. The Morgan fingerprint density at radius 3 is 2.52 bits per heavy atom. The molecule has 0 unspecified atom stereocenters. The van der Waals surface area contributed by atoms with E-state index >= 15 is 0 Å². The highest BCUT2D eigenvalue weighted by Crippen LogP contribution is 2.39. The van der Waals surface area contributed by atoms with Crippen LogP contribution in [0.2, 0.25) is 0 Å². The van der Waals surface area contributed by atoms with E-state index in [4.69, 9.17) is 4.74 Å². The number of hydrogen-bond acceptors (Lipinski definition) is 4. The molecule has 5 nitrogen and oxygen atoms in total. The minimum absolute atomic E-state index is 0.325. The van der Waals surface area contributed by atoms with Crippen molar-refractivity contribution in [2.75, 3.05) is 0 Å². The highest BCUT2D eigenvalue weighted by atomic mass is 16.5. The van der Waals surface area contributed by atoms with Gasteiger partial charge in [-0.1, -0.05) is 13.8 Å². The molecule has 0 atom stereocenters. The molecule has 1 aliphatic rings. The Kier molecular flexibility index (Phi) is 4.99. The monoisotopic (exact) mass is 334 g/mol. The third kappa shape index (κ3) is 3.08. The fourth-order valence-corrected chi connectivity index (χ4v) is 3.18. The van der Waals surface area contributed by atoms with Crippen molar-refractivity contribution in [3.8, 4) is 17.8 Å². The number of nitriles is 1. The molecule has 5 heteroatoms. The molecule has 1 aliphatic carbocycles. The summed E-state index contributed by atoms with van der Waals surface area (Å²) < 4.78 is 8.02. The summed E-state index contributed by atoms with van der Waals surface area (Å²) >= 11 is 0. The molecule has 0 radical (unpaired) electrons. The lowest BCUT2D eigenvalue weighted by atomic mass is 9.92. The molecule has 128 valence electrons. The van der Waals surface area contributed by atoms with Gasteiger partial charge in [0.25, 0.3) is 0 Å². The van der Waals surface area contributed by atoms with Crippen LogP contribution in [0.15, 0.2) is 36.7 Å². The summed E-state index contributed by atoms with van der Waals surface area (Å²) in [4.78, 5) is 8.17. The zero-order valence-corrected chi connectivity index (χ0v) is 14.9. The first kappa shape index (κ1) is 17.0. The number of rotatable bonds is 3. The van der Waals surface area contributed by atoms with Crippen molar-refractivity contribution in [2.45, 2.75) is 46.1 Å². The standard InChI is InChI=1S/C18H16N4O.C2H6/c1-12-16(11-19)15-7-6-14(23-18-20-8-3-9-21-18)10-17(15)22(12)13-4-2-5-13;1-2/h3,6-10,13H,2,4-5H2,1H3;1-2H3. The number of benzene rings is 1. The van der Waals surface area contributed by atoms with E-state index in [0.29, 0.717) is 17.8 Å². The Balaban J connectivity index is 0.000000880. The minimum Gasteiger partial charge on any atom is -0.424 e. The fraction of sp³-hybridized carbons (Fsp3) is 0.350. The summed E-state index contributed by atoms with van der Waals surface area (Å²) in [5.74, 6) is 0.686. The van der Waals surface area contributed by atoms with Gasteiger partial charge in [-0.25, -0.2) is 9.97 Å². The quantitative estimate of drug-likeness (QED) is 0.664. The van der Waals surface area contributed by atoms with Gasteiger partial charge in [0.1, 0.15) is 11.8 Å². The first-order valence-electron chi connectivity index (χ1n) is 8.77. The van der Waals surface area contributed by atoms with Gasteiger partial charge in [0, 0.05) is 35.6 Å². The van der Waals surface area contributed by atoms with Gasteiger partial charge < -0.3 is 9.30 Å². The summed E-state index contributed by atoms with van der Waals surface area (Å²) in [6.45, 7) is 6.03. The summed E-state index contributed by atoms with van der Waals surface area (Å²) in [6, 6.07) is 10.7. The molecule has 0 amide bonds. The SMILES string of the molecule is CC.Cc1c(C#N)c2ccc(Oc3ncccn3)cc2n1C1CCC1. The number of ether oxygens (including phenoxy) is 1. The van der Waals surface area contributed by atoms with E-state index < -0.39 is 0 Å². The van der Waals surface area contributed by atoms with Gasteiger partial charge in [0.05, 0.1) is 11.1 Å². The van der Waals surface area contributed by atoms with Crippen molar-refractivity contribution >= 4 is 10.9 Å². The molecular weight excluding hydrogens is 312 g/mol. The second-order valence-corrected chi connectivity index (χ2v) is 5.84. The van der Waals surface area contributed by atoms with Gasteiger partial charge in [-0.15, -0.1) is 0 Å². The van der Waals surface area contributed by atoms with Crippen LogP contribution in [0.25, 0.3) is 10.9 Å². The van der Waals surface area contributed by atoms with Crippen LogP contribution in [0.1, 0.15) is 50.4 Å². The van der Waals surface area contributed by atoms with E-state index in [0.717, 1.165) is 22.2 Å². The number of fused-ring (bicyclic) bond motifs is 1. The number of nitrogens with zero attached hydrogens (tertiary/aromatic N) is 4. The molecule has 1 fully saturated rings. The van der Waals surface area contributed by atoms with E-state index in [1.54, 1.807) is 18.5 Å². The number of aromatic nitrogens is 3. The molecular formula is C20H22N4O. The van der Waals surface area contributed by atoms with Crippen LogP contribution in [0.3, 0.4) is 0 Å². The highest BCUT2D eigenvalue weighted by molar-refractivity contribution is 5.89. The smallest absolute Gasteiger partial charge is 0.321 e. The van der Waals surface area contributed by atoms with Crippen LogP contribution in [0.4, 0.5) is 0 Å². The Bertz CT molecular complexity index is 905. The summed E-state index contributed by atoms with van der Waals surface area (Å²) in [5.41, 5.74) is 2.85. The van der Waals surface area contributed by atoms with Crippen molar-refractivity contribution in [3.05, 3.63) is 47.9 Å². The lowest BCUT2D eigenvalue weighted by Crippen LogP contribution is -2.17. The van der Waals surface area contributed by atoms with E-state index in [2.05, 4.69) is 20.6 Å². The predicted molar refractivity (Wildman–Crippen MR) is 97.7 cm³/mol. The molecule has 0 N–H and O–H groups in total. The van der Waals surface area contributed by atoms with Crippen molar-refractivity contribution in [3.63, 3.8) is 0 Å². The zero-order chi connectivity index (χ0) is 17.8. The van der Waals surface area contributed by atoms with Crippen LogP contribution in [0, 0.1) is 18.3 Å². The molecule has 3 aromatic rings. The number of hydrogen-bond donors (Lipinski definition) is 0. The Labute approximate surface area is 147 Å². The summed E-state index contributed by atoms with van der Waals surface area (Å²) in [7, 11) is 0. The van der Waals surface area contributed by atoms with Gasteiger partial charge >= 0.3 is 6.01 Å². The Morgan fingerprint density at radius 1 is 1.20 bits per heavy atom. The van der Waals surface area contributed by atoms with Crippen LogP contribution in [-0.4, -0.2) is 14.5 Å². The van der Waals surface area contributed by atoms with E-state index in [9.17, 15) is 5.26 Å². The van der Waals surface area contributed by atoms with Crippen LogP contribution < -0.4 is 4.74 Å². The topological polar surface area (TPSA) is 63.7 Å². The average molecular weight is 334 g/mol. The molecule has 2 heterocycles. The van der Waals surface area contributed by atoms with E-state index in [-0.39, 0.29) is 0 Å². The van der Waals surface area contributed by atoms with E-state index in [1.807, 2.05) is 39.0 Å². The van der Waals surface area contributed by atoms with E-state index in [1.165, 1.54) is 19.3 Å². The average Bonchev–Trinajstić information content (AvgIpc) is 2.88. The second-order valence-electron chi connectivity index (χ2n) is 5.84. The van der Waals surface area contributed by atoms with Crippen molar-refractivity contribution < 1.29 is 4.74 Å². The normalized spacial score (nSPS) is 13.5. The first-order chi connectivity index (χ1) is 12.3. The van der Waals surface area contributed by atoms with Crippen LogP contribution >= 0.6 is 0 Å². The van der Waals surface area contributed by atoms with Crippen LogP contribution in [0.5, 0.6) is 11.8 Å². The lowest BCUT2D eigenvalue weighted by Gasteiger charge is -2.29. The molecule has 1 aromatic carbocycles. The Hall–Kier alpha value is -2.87. The predicted octanol–water partition coefficient (Wildman–Crippen LogP) is 5.15. The first-order valence-corrected chi connectivity index (χ1v) is 8.77. The van der Waals surface area contributed by atoms with Gasteiger partial charge in [0.2, 0.25) is 0 Å². The van der Waals surface area contributed by atoms with Crippen molar-refractivity contribution in [2.24, 2.45) is 0 Å². The van der Waals surface area contributed by atoms with Crippen molar-refractivity contribution in [1.82, 2.24) is 14.5 Å². The Morgan fingerprint density at radius 2 is 1.92 bits per heavy atom. The molecule has 1 saturated carbocycles. The minimum atomic E-state index is 0.325.